The minimum absolute atomic E-state index is 0.0928. The summed E-state index contributed by atoms with van der Waals surface area (Å²) < 4.78 is 7.51. The highest BCUT2D eigenvalue weighted by atomic mass is 16.6. The lowest BCUT2D eigenvalue weighted by atomic mass is 10.0. The van der Waals surface area contributed by atoms with Gasteiger partial charge in [-0.1, -0.05) is 13.8 Å². The van der Waals surface area contributed by atoms with Gasteiger partial charge in [0, 0.05) is 32.7 Å². The first-order valence-corrected chi connectivity index (χ1v) is 13.5. The second-order valence-electron chi connectivity index (χ2n) is 11.5. The number of anilines is 2. The predicted octanol–water partition coefficient (Wildman–Crippen LogP) is 4.38. The number of carbonyl (C=O) groups is 2. The molecule has 0 aromatic carbocycles. The summed E-state index contributed by atoms with van der Waals surface area (Å²) in [5.41, 5.74) is 1.97. The number of fused-ring (bicyclic) bond motifs is 1. The standard InChI is InChI=1S/C28H40N8O3/c1-18(2)14-21-17-31-25(37)22-15-19(3)24(36(21)22)33-26(29-7)32-23-9-8-20(16-30-23)34-10-12-35(13-11-34)27(38)39-28(4,5)6/h8-9,15-16,18,21H,7,10-14,17H2,1-6H3,(H,31,37)(H,30,32,33). The fourth-order valence-corrected chi connectivity index (χ4v) is 4.89. The van der Waals surface area contributed by atoms with Crippen LogP contribution in [0.25, 0.3) is 0 Å². The fourth-order valence-electron chi connectivity index (χ4n) is 4.89. The van der Waals surface area contributed by atoms with Crippen LogP contribution in [0.5, 0.6) is 0 Å². The number of hydrogen-bond acceptors (Lipinski definition) is 6. The molecule has 1 saturated heterocycles. The number of rotatable bonds is 5. The summed E-state index contributed by atoms with van der Waals surface area (Å²) in [6, 6.07) is 5.83. The number of piperazine rings is 1. The smallest absolute Gasteiger partial charge is 0.410 e. The van der Waals surface area contributed by atoms with Gasteiger partial charge in [0.2, 0.25) is 5.96 Å². The molecule has 0 aliphatic carbocycles. The molecule has 0 bridgehead atoms. The molecule has 11 nitrogen and oxygen atoms in total. The van der Waals surface area contributed by atoms with Crippen LogP contribution in [0.15, 0.2) is 34.4 Å². The number of hydrogen-bond donors (Lipinski definition) is 2. The summed E-state index contributed by atoms with van der Waals surface area (Å²) in [4.78, 5) is 42.2. The van der Waals surface area contributed by atoms with E-state index in [0.717, 1.165) is 17.7 Å². The van der Waals surface area contributed by atoms with Crippen LogP contribution in [0.2, 0.25) is 0 Å². The number of pyridine rings is 1. The monoisotopic (exact) mass is 536 g/mol. The highest BCUT2D eigenvalue weighted by Crippen LogP contribution is 2.33. The number of aromatic nitrogens is 2. The quantitative estimate of drug-likeness (QED) is 0.433. The van der Waals surface area contributed by atoms with E-state index in [1.54, 1.807) is 11.1 Å². The summed E-state index contributed by atoms with van der Waals surface area (Å²) in [7, 11) is 0. The van der Waals surface area contributed by atoms with Crippen molar-refractivity contribution in [1.29, 1.82) is 0 Å². The Bertz CT molecular complexity index is 1230. The zero-order chi connectivity index (χ0) is 28.3. The van der Waals surface area contributed by atoms with Crippen molar-refractivity contribution in [1.82, 2.24) is 19.8 Å². The molecule has 4 heterocycles. The average molecular weight is 537 g/mol. The lowest BCUT2D eigenvalue weighted by Crippen LogP contribution is -2.50. The highest BCUT2D eigenvalue weighted by Gasteiger charge is 2.30. The van der Waals surface area contributed by atoms with Crippen molar-refractivity contribution in [3.63, 3.8) is 0 Å². The van der Waals surface area contributed by atoms with Crippen LogP contribution < -0.4 is 15.5 Å². The van der Waals surface area contributed by atoms with E-state index in [1.165, 1.54) is 0 Å². The van der Waals surface area contributed by atoms with E-state index >= 15 is 0 Å². The molecule has 2 aromatic rings. The number of carbonyl (C=O) groups excluding carboxylic acids is 2. The third-order valence-corrected chi connectivity index (χ3v) is 6.68. The molecule has 11 heteroatoms. The third kappa shape index (κ3) is 6.76. The average Bonchev–Trinajstić information content (AvgIpc) is 3.21. The van der Waals surface area contributed by atoms with E-state index in [1.807, 2.05) is 50.5 Å². The molecular weight excluding hydrogens is 496 g/mol. The van der Waals surface area contributed by atoms with Gasteiger partial charge in [-0.25, -0.2) is 14.8 Å². The van der Waals surface area contributed by atoms with Crippen LogP contribution in [0.4, 0.5) is 22.1 Å². The second-order valence-corrected chi connectivity index (χ2v) is 11.5. The number of nitrogens with zero attached hydrogens (tertiary/aromatic N) is 6. The van der Waals surface area contributed by atoms with E-state index in [4.69, 9.17) is 9.73 Å². The number of nitrogens with one attached hydrogen (secondary N) is 2. The fraction of sp³-hybridized carbons (Fsp3) is 0.536. The molecule has 1 fully saturated rings. The van der Waals surface area contributed by atoms with Crippen molar-refractivity contribution in [3.8, 4) is 0 Å². The molecule has 0 spiro atoms. The van der Waals surface area contributed by atoms with Crippen molar-refractivity contribution >= 4 is 42.0 Å². The number of ether oxygens (including phenoxy) is 1. The first-order chi connectivity index (χ1) is 18.4. The van der Waals surface area contributed by atoms with Crippen LogP contribution in [-0.2, 0) is 4.74 Å². The zero-order valence-corrected chi connectivity index (χ0v) is 23.8. The maximum absolute atomic E-state index is 12.5. The molecule has 1 atom stereocenters. The summed E-state index contributed by atoms with van der Waals surface area (Å²) in [5.74, 6) is 1.96. The highest BCUT2D eigenvalue weighted by molar-refractivity contribution is 5.98. The first-order valence-electron chi connectivity index (χ1n) is 13.5. The van der Waals surface area contributed by atoms with Gasteiger partial charge in [-0.3, -0.25) is 4.79 Å². The van der Waals surface area contributed by atoms with Crippen molar-refractivity contribution in [2.24, 2.45) is 15.9 Å². The largest absolute Gasteiger partial charge is 0.444 e. The number of aryl methyl sites for hydroxylation is 1. The Morgan fingerprint density at radius 1 is 1.26 bits per heavy atom. The van der Waals surface area contributed by atoms with Crippen LogP contribution in [0, 0.1) is 12.8 Å². The van der Waals surface area contributed by atoms with Crippen LogP contribution >= 0.6 is 0 Å². The molecule has 0 radical (unpaired) electrons. The number of guanidine groups is 1. The maximum atomic E-state index is 12.5. The van der Waals surface area contributed by atoms with E-state index in [2.05, 4.69) is 46.1 Å². The second kappa shape index (κ2) is 11.5. The Labute approximate surface area is 230 Å². The molecule has 2 amide bonds. The van der Waals surface area contributed by atoms with E-state index in [-0.39, 0.29) is 18.0 Å². The molecule has 2 aliphatic rings. The van der Waals surface area contributed by atoms with Gasteiger partial charge >= 0.3 is 6.09 Å². The van der Waals surface area contributed by atoms with Crippen LogP contribution in [0.1, 0.15) is 63.1 Å². The lowest BCUT2D eigenvalue weighted by Gasteiger charge is -2.36. The van der Waals surface area contributed by atoms with Gasteiger partial charge in [0.25, 0.3) is 5.91 Å². The number of aliphatic imine (C=N–C) groups is 2. The van der Waals surface area contributed by atoms with Gasteiger partial charge in [-0.2, -0.15) is 4.99 Å². The van der Waals surface area contributed by atoms with Crippen molar-refractivity contribution < 1.29 is 14.3 Å². The Morgan fingerprint density at radius 2 is 1.97 bits per heavy atom. The minimum Gasteiger partial charge on any atom is -0.444 e. The van der Waals surface area contributed by atoms with Crippen molar-refractivity contribution in [3.05, 3.63) is 35.7 Å². The van der Waals surface area contributed by atoms with Gasteiger partial charge in [-0.15, -0.1) is 0 Å². The molecule has 1 unspecified atom stereocenters. The Hall–Kier alpha value is -3.89. The van der Waals surface area contributed by atoms with Gasteiger partial charge in [0.05, 0.1) is 17.9 Å². The molecular formula is C28H40N8O3. The predicted molar refractivity (Wildman–Crippen MR) is 155 cm³/mol. The molecule has 2 aliphatic heterocycles. The van der Waals surface area contributed by atoms with Crippen molar-refractivity contribution in [2.45, 2.75) is 59.6 Å². The van der Waals surface area contributed by atoms with Gasteiger partial charge in [0.15, 0.2) is 0 Å². The van der Waals surface area contributed by atoms with Gasteiger partial charge in [0.1, 0.15) is 22.9 Å². The molecule has 0 saturated carbocycles. The maximum Gasteiger partial charge on any atom is 0.410 e. The van der Waals surface area contributed by atoms with E-state index < -0.39 is 5.60 Å². The van der Waals surface area contributed by atoms with Crippen molar-refractivity contribution in [2.75, 3.05) is 42.9 Å². The molecule has 210 valence electrons. The Morgan fingerprint density at radius 3 is 2.56 bits per heavy atom. The number of amides is 2. The normalized spacial score (nSPS) is 18.1. The minimum atomic E-state index is -0.507. The molecule has 2 N–H and O–H groups in total. The van der Waals surface area contributed by atoms with E-state index in [9.17, 15) is 9.59 Å². The molecule has 39 heavy (non-hydrogen) atoms. The molecule has 2 aromatic heterocycles. The SMILES string of the molecule is C=N/C(=N\c1c(C)cc2n1C(CC(C)C)CNC2=O)Nc1ccc(N2CCN(C(=O)OC(C)(C)C)CC2)cn1. The lowest BCUT2D eigenvalue weighted by molar-refractivity contribution is 0.0240. The summed E-state index contributed by atoms with van der Waals surface area (Å²) in [5, 5.41) is 6.14. The Balaban J connectivity index is 1.45. The third-order valence-electron chi connectivity index (χ3n) is 6.68. The van der Waals surface area contributed by atoms with Crippen LogP contribution in [0.3, 0.4) is 0 Å². The van der Waals surface area contributed by atoms with E-state index in [0.29, 0.717) is 61.9 Å². The summed E-state index contributed by atoms with van der Waals surface area (Å²) in [6.45, 7) is 18.7. The van der Waals surface area contributed by atoms with Gasteiger partial charge < -0.3 is 29.7 Å². The van der Waals surface area contributed by atoms with Crippen LogP contribution in [-0.4, -0.2) is 77.5 Å². The van der Waals surface area contributed by atoms with Gasteiger partial charge in [-0.05, 0) is 70.5 Å². The zero-order valence-electron chi connectivity index (χ0n) is 23.8. The first kappa shape index (κ1) is 28.1. The summed E-state index contributed by atoms with van der Waals surface area (Å²) >= 11 is 0. The topological polar surface area (TPSA) is 116 Å². The molecule has 4 rings (SSSR count). The summed E-state index contributed by atoms with van der Waals surface area (Å²) in [6.07, 6.45) is 2.43. The Kier molecular flexibility index (Phi) is 8.27.